The monoisotopic (exact) mass is 223 g/mol. The molecule has 9 heavy (non-hydrogen) atoms. The molecule has 0 saturated carbocycles. The topological polar surface area (TPSA) is 32.3 Å². The van der Waals surface area contributed by atoms with Gasteiger partial charge in [0.1, 0.15) is 0 Å². The molecular formula is C5H13NOSSr. The molecule has 0 aromatic rings. The second-order valence-electron chi connectivity index (χ2n) is 1.87. The first kappa shape index (κ1) is 10.8. The number of hydrogen-bond acceptors (Lipinski definition) is 3. The first-order valence-corrected chi connectivity index (χ1v) is 10.4. The molecule has 1 heterocycles. The van der Waals surface area contributed by atoms with E-state index in [9.17, 15) is 0 Å². The third-order valence-corrected chi connectivity index (χ3v) is 3.25. The molecule has 0 aliphatic carbocycles. The fourth-order valence-corrected chi connectivity index (χ4v) is 0.625. The van der Waals surface area contributed by atoms with Crippen LogP contribution >= 0.6 is 4.75 Å². The fraction of sp³-hybridized carbons (Fsp3) is 1.00. The maximum absolute atomic E-state index is 8.05. The Morgan fingerprint density at radius 2 is 1.89 bits per heavy atom. The zero-order chi connectivity index (χ0) is 6.95. The fourth-order valence-electron chi connectivity index (χ4n) is 0.625. The van der Waals surface area contributed by atoms with Gasteiger partial charge in [0.25, 0.3) is 0 Å². The molecule has 0 aromatic carbocycles. The molecule has 0 amide bonds. The van der Waals surface area contributed by atoms with Gasteiger partial charge in [-0.15, -0.1) is 0 Å². The van der Waals surface area contributed by atoms with Gasteiger partial charge in [-0.1, -0.05) is 0 Å². The average molecular weight is 223 g/mol. The Bertz CT molecular complexity index is 42.6. The standard InChI is InChI=1S/C4H9N.CH4S.H2O.Sr/c1-2-4-5-3-1;1-2;;/h5H,1-4H2;2H,1H3;1H2;/q;;;+2/p-2. The van der Waals surface area contributed by atoms with Gasteiger partial charge in [0.05, 0.1) is 0 Å². The van der Waals surface area contributed by atoms with Gasteiger partial charge < -0.3 is 5.32 Å². The van der Waals surface area contributed by atoms with Crippen LogP contribution in [0.25, 0.3) is 0 Å². The summed E-state index contributed by atoms with van der Waals surface area (Å²) in [6, 6.07) is 0. The first-order chi connectivity index (χ1) is 4.41. The molecule has 0 radical (unpaired) electrons. The summed E-state index contributed by atoms with van der Waals surface area (Å²) in [5.74, 6) is 0. The molecule has 0 aromatic heterocycles. The normalized spacial score (nSPS) is 15.8. The van der Waals surface area contributed by atoms with Crippen molar-refractivity contribution in [3.05, 3.63) is 0 Å². The van der Waals surface area contributed by atoms with Crippen LogP contribution in [-0.4, -0.2) is 59.8 Å². The van der Waals surface area contributed by atoms with E-state index >= 15 is 0 Å². The van der Waals surface area contributed by atoms with Crippen LogP contribution in [0.2, 0.25) is 0 Å². The van der Waals surface area contributed by atoms with Crippen LogP contribution in [-0.2, 0) is 0 Å². The van der Waals surface area contributed by atoms with Crippen LogP contribution in [0.1, 0.15) is 12.8 Å². The molecule has 1 fully saturated rings. The van der Waals surface area contributed by atoms with Crippen molar-refractivity contribution in [1.29, 1.82) is 0 Å². The molecule has 2 N–H and O–H groups in total. The van der Waals surface area contributed by atoms with E-state index in [4.69, 9.17) is 0.855 Å². The van der Waals surface area contributed by atoms with Crippen molar-refractivity contribution in [3.63, 3.8) is 0 Å². The second-order valence-corrected chi connectivity index (χ2v) is 8.87. The van der Waals surface area contributed by atoms with Gasteiger partial charge in [0.15, 0.2) is 0 Å². The van der Waals surface area contributed by atoms with Crippen molar-refractivity contribution in [3.8, 4) is 0 Å². The van der Waals surface area contributed by atoms with Gasteiger partial charge in [-0.25, -0.2) is 0 Å². The van der Waals surface area contributed by atoms with E-state index in [0.717, 1.165) is 0 Å². The van der Waals surface area contributed by atoms with Gasteiger partial charge >= 0.3 is 51.5 Å². The van der Waals surface area contributed by atoms with E-state index in [1.165, 1.54) is 25.9 Å². The van der Waals surface area contributed by atoms with Crippen molar-refractivity contribution in [1.82, 2.24) is 5.32 Å². The summed E-state index contributed by atoms with van der Waals surface area (Å²) in [5, 5.41) is 3.22. The summed E-state index contributed by atoms with van der Waals surface area (Å²) in [4.78, 5) is 0. The van der Waals surface area contributed by atoms with Crippen LogP contribution in [0, 0.1) is 0 Å². The van der Waals surface area contributed by atoms with Crippen molar-refractivity contribution in [2.45, 2.75) is 12.8 Å². The van der Waals surface area contributed by atoms with Crippen molar-refractivity contribution in [2.75, 3.05) is 19.3 Å². The van der Waals surface area contributed by atoms with Crippen LogP contribution in [0.5, 0.6) is 0 Å². The summed E-state index contributed by atoms with van der Waals surface area (Å²) < 4.78 is 9.67. The summed E-state index contributed by atoms with van der Waals surface area (Å²) in [6.07, 6.45) is 4.72. The van der Waals surface area contributed by atoms with Gasteiger partial charge in [-0.3, -0.25) is 0 Å². The first-order valence-electron chi connectivity index (χ1n) is 3.22. The third kappa shape index (κ3) is 9.75. The molecule has 0 spiro atoms. The molecule has 0 bridgehead atoms. The number of hydrogen-bond donors (Lipinski definition) is 2. The van der Waals surface area contributed by atoms with E-state index in [-0.39, 0.29) is 0 Å². The zero-order valence-corrected chi connectivity index (χ0v) is 10.2. The Morgan fingerprint density at radius 3 is 2.00 bits per heavy atom. The van der Waals surface area contributed by atoms with E-state index < -0.39 is 39.6 Å². The Balaban J connectivity index is 0.000000148. The Labute approximate surface area is 81.4 Å². The zero-order valence-electron chi connectivity index (χ0n) is 5.89. The van der Waals surface area contributed by atoms with Crippen LogP contribution in [0.3, 0.4) is 0 Å². The van der Waals surface area contributed by atoms with E-state index in [1.807, 2.05) is 6.26 Å². The quantitative estimate of drug-likeness (QED) is 0.624. The summed E-state index contributed by atoms with van der Waals surface area (Å²) in [5.41, 5.74) is 0. The van der Waals surface area contributed by atoms with Crippen molar-refractivity contribution in [2.24, 2.45) is 0 Å². The molecule has 0 unspecified atom stereocenters. The minimum atomic E-state index is -1.12. The van der Waals surface area contributed by atoms with Gasteiger partial charge in [-0.05, 0) is 25.9 Å². The van der Waals surface area contributed by atoms with E-state index in [1.54, 1.807) is 4.75 Å². The average Bonchev–Trinajstić information content (AvgIpc) is 2.43. The molecular weight excluding hydrogens is 210 g/mol. The molecule has 1 aliphatic rings. The molecule has 1 saturated heterocycles. The number of nitrogens with one attached hydrogen (secondary N) is 1. The van der Waals surface area contributed by atoms with Crippen LogP contribution < -0.4 is 5.32 Å². The molecule has 1 rings (SSSR count). The number of rotatable bonds is 1. The summed E-state index contributed by atoms with van der Waals surface area (Å²) >= 11 is -1.12. The Kier molecular flexibility index (Phi) is 11.6. The van der Waals surface area contributed by atoms with E-state index in [2.05, 4.69) is 5.32 Å². The van der Waals surface area contributed by atoms with Gasteiger partial charge in [0, 0.05) is 0 Å². The molecule has 1 aliphatic heterocycles. The van der Waals surface area contributed by atoms with Crippen LogP contribution in [0.15, 0.2) is 0 Å². The molecule has 2 nitrogen and oxygen atoms in total. The van der Waals surface area contributed by atoms with Crippen LogP contribution in [0.4, 0.5) is 0 Å². The third-order valence-electron chi connectivity index (χ3n) is 1.09. The summed E-state index contributed by atoms with van der Waals surface area (Å²) in [6.45, 7) is 2.50. The van der Waals surface area contributed by atoms with E-state index in [0.29, 0.717) is 0 Å². The van der Waals surface area contributed by atoms with Gasteiger partial charge in [-0.2, -0.15) is 0 Å². The molecule has 0 atom stereocenters. The Morgan fingerprint density at radius 1 is 1.44 bits per heavy atom. The van der Waals surface area contributed by atoms with Crippen molar-refractivity contribution >= 4 is 44.3 Å². The van der Waals surface area contributed by atoms with Crippen molar-refractivity contribution < 1.29 is 0.855 Å². The minimum absolute atomic E-state index is 1.12. The maximum atomic E-state index is 8.05. The predicted molar refractivity (Wildman–Crippen MR) is 43.6 cm³/mol. The SMILES string of the molecule is C1CCNC1.C[S][Sr][OH]. The molecule has 4 heteroatoms. The Hall–Kier alpha value is 1.75. The molecule has 52 valence electrons. The predicted octanol–water partition coefficient (Wildman–Crippen LogP) is 0.246. The second kappa shape index (κ2) is 9.75. The summed E-state index contributed by atoms with van der Waals surface area (Å²) in [7, 11) is 0. The van der Waals surface area contributed by atoms with Gasteiger partial charge in [0.2, 0.25) is 0 Å².